The number of carbonyl (C=O) groups excluding carboxylic acids is 1. The number of likely N-dealkylation sites (N-methyl/N-ethyl adjacent to an activating group) is 1. The molecule has 0 spiro atoms. The summed E-state index contributed by atoms with van der Waals surface area (Å²) in [6, 6.07) is 0.173. The molecule has 6 heteroatoms. The van der Waals surface area contributed by atoms with E-state index in [1.807, 2.05) is 4.90 Å². The molecule has 1 amide bonds. The van der Waals surface area contributed by atoms with E-state index < -0.39 is 5.41 Å². The van der Waals surface area contributed by atoms with Gasteiger partial charge in [-0.2, -0.15) is 0 Å². The van der Waals surface area contributed by atoms with Crippen molar-refractivity contribution in [2.45, 2.75) is 45.1 Å². The molecule has 0 aromatic heterocycles. The van der Waals surface area contributed by atoms with E-state index in [2.05, 4.69) is 24.0 Å². The Morgan fingerprint density at radius 1 is 1.30 bits per heavy atom. The molecule has 1 aliphatic heterocycles. The summed E-state index contributed by atoms with van der Waals surface area (Å²) in [6.45, 7) is 4.54. The van der Waals surface area contributed by atoms with Crippen molar-refractivity contribution in [3.8, 4) is 0 Å². The highest BCUT2D eigenvalue weighted by Crippen LogP contribution is 2.39. The third-order valence-corrected chi connectivity index (χ3v) is 4.81. The molecule has 2 fully saturated rings. The summed E-state index contributed by atoms with van der Waals surface area (Å²) in [6.07, 6.45) is 4.43. The molecule has 6 nitrogen and oxygen atoms in total. The number of oxime groups is 1. The highest BCUT2D eigenvalue weighted by Gasteiger charge is 2.47. The van der Waals surface area contributed by atoms with Gasteiger partial charge in [-0.15, -0.1) is 0 Å². The minimum Gasteiger partial charge on any atom is -0.409 e. The normalized spacial score (nSPS) is 28.4. The molecular formula is C14H26N4O2. The molecular weight excluding hydrogens is 256 g/mol. The SMILES string of the molecule is CC1CN(C)CCN1C(=O)C1(C(N)=NO)CCCCC1. The first-order chi connectivity index (χ1) is 9.51. The fraction of sp³-hybridized carbons (Fsp3) is 0.857. The van der Waals surface area contributed by atoms with Gasteiger partial charge in [0.2, 0.25) is 5.91 Å². The third-order valence-electron chi connectivity index (χ3n) is 4.81. The lowest BCUT2D eigenvalue weighted by atomic mass is 9.71. The fourth-order valence-corrected chi connectivity index (χ4v) is 3.55. The van der Waals surface area contributed by atoms with Crippen LogP contribution in [0.1, 0.15) is 39.0 Å². The second kappa shape index (κ2) is 5.99. The van der Waals surface area contributed by atoms with Gasteiger partial charge in [0.25, 0.3) is 0 Å². The molecule has 1 aliphatic carbocycles. The summed E-state index contributed by atoms with van der Waals surface area (Å²) in [5, 5.41) is 12.3. The zero-order chi connectivity index (χ0) is 14.8. The maximum absolute atomic E-state index is 13.0. The van der Waals surface area contributed by atoms with Crippen molar-refractivity contribution in [3.63, 3.8) is 0 Å². The first kappa shape index (κ1) is 15.1. The monoisotopic (exact) mass is 282 g/mol. The van der Waals surface area contributed by atoms with E-state index in [9.17, 15) is 4.79 Å². The molecule has 1 unspecified atom stereocenters. The van der Waals surface area contributed by atoms with E-state index in [1.165, 1.54) is 0 Å². The maximum Gasteiger partial charge on any atom is 0.236 e. The smallest absolute Gasteiger partial charge is 0.236 e. The predicted molar refractivity (Wildman–Crippen MR) is 77.6 cm³/mol. The van der Waals surface area contributed by atoms with E-state index in [0.717, 1.165) is 38.9 Å². The highest BCUT2D eigenvalue weighted by atomic mass is 16.4. The second-order valence-corrected chi connectivity index (χ2v) is 6.24. The average Bonchev–Trinajstić information content (AvgIpc) is 2.46. The Morgan fingerprint density at radius 2 is 1.95 bits per heavy atom. The maximum atomic E-state index is 13.0. The van der Waals surface area contributed by atoms with E-state index >= 15 is 0 Å². The molecule has 3 N–H and O–H groups in total. The van der Waals surface area contributed by atoms with Crippen LogP contribution in [0.5, 0.6) is 0 Å². The van der Waals surface area contributed by atoms with Crippen LogP contribution in [0.15, 0.2) is 5.16 Å². The molecule has 20 heavy (non-hydrogen) atoms. The topological polar surface area (TPSA) is 82.2 Å². The van der Waals surface area contributed by atoms with Gasteiger partial charge < -0.3 is 20.7 Å². The third kappa shape index (κ3) is 2.61. The lowest BCUT2D eigenvalue weighted by Crippen LogP contribution is -2.59. The Bertz CT molecular complexity index is 391. The van der Waals surface area contributed by atoms with Gasteiger partial charge in [0, 0.05) is 25.7 Å². The molecule has 0 aromatic rings. The summed E-state index contributed by atoms with van der Waals surface area (Å²) >= 11 is 0. The van der Waals surface area contributed by atoms with E-state index in [4.69, 9.17) is 10.9 Å². The van der Waals surface area contributed by atoms with Crippen LogP contribution in [-0.2, 0) is 4.79 Å². The van der Waals surface area contributed by atoms with E-state index in [1.54, 1.807) is 0 Å². The Morgan fingerprint density at radius 3 is 2.50 bits per heavy atom. The second-order valence-electron chi connectivity index (χ2n) is 6.24. The number of nitrogens with two attached hydrogens (primary N) is 1. The van der Waals surface area contributed by atoms with Crippen molar-refractivity contribution in [1.82, 2.24) is 9.80 Å². The number of amidine groups is 1. The van der Waals surface area contributed by atoms with Gasteiger partial charge >= 0.3 is 0 Å². The van der Waals surface area contributed by atoms with Gasteiger partial charge in [0.05, 0.1) is 0 Å². The minimum absolute atomic E-state index is 0.0492. The van der Waals surface area contributed by atoms with Gasteiger partial charge in [-0.05, 0) is 26.8 Å². The first-order valence-electron chi connectivity index (χ1n) is 7.49. The number of carbonyl (C=O) groups is 1. The predicted octanol–water partition coefficient (Wildman–Crippen LogP) is 0.846. The van der Waals surface area contributed by atoms with Crippen molar-refractivity contribution in [1.29, 1.82) is 0 Å². The zero-order valence-electron chi connectivity index (χ0n) is 12.5. The highest BCUT2D eigenvalue weighted by molar-refractivity contribution is 6.07. The fourth-order valence-electron chi connectivity index (χ4n) is 3.55. The first-order valence-corrected chi connectivity index (χ1v) is 7.49. The summed E-state index contributed by atoms with van der Waals surface area (Å²) in [7, 11) is 2.07. The van der Waals surface area contributed by atoms with Crippen molar-refractivity contribution in [2.75, 3.05) is 26.7 Å². The standard InChI is InChI=1S/C14H26N4O2/c1-11-10-17(2)8-9-18(11)13(19)14(12(15)16-20)6-4-3-5-7-14/h11,20H,3-10H2,1-2H3,(H2,15,16). The van der Waals surface area contributed by atoms with Crippen molar-refractivity contribution in [2.24, 2.45) is 16.3 Å². The number of piperazine rings is 1. The summed E-state index contributed by atoms with van der Waals surface area (Å²) in [4.78, 5) is 17.2. The summed E-state index contributed by atoms with van der Waals surface area (Å²) in [5.74, 6) is 0.140. The van der Waals surface area contributed by atoms with Crippen LogP contribution in [-0.4, -0.2) is 59.5 Å². The lowest BCUT2D eigenvalue weighted by Gasteiger charge is -2.44. The van der Waals surface area contributed by atoms with Crippen LogP contribution >= 0.6 is 0 Å². The Balaban J connectivity index is 2.23. The lowest BCUT2D eigenvalue weighted by molar-refractivity contribution is -0.144. The van der Waals surface area contributed by atoms with Crippen LogP contribution in [0.3, 0.4) is 0 Å². The molecule has 114 valence electrons. The summed E-state index contributed by atoms with van der Waals surface area (Å²) < 4.78 is 0. The molecule has 0 aromatic carbocycles. The van der Waals surface area contributed by atoms with Crippen LogP contribution in [0.25, 0.3) is 0 Å². The number of nitrogens with zero attached hydrogens (tertiary/aromatic N) is 3. The zero-order valence-corrected chi connectivity index (χ0v) is 12.5. The van der Waals surface area contributed by atoms with E-state index in [-0.39, 0.29) is 17.8 Å². The number of hydrogen-bond acceptors (Lipinski definition) is 4. The number of hydrogen-bond donors (Lipinski definition) is 2. The average molecular weight is 282 g/mol. The van der Waals surface area contributed by atoms with Crippen LogP contribution in [0.4, 0.5) is 0 Å². The molecule has 1 atom stereocenters. The largest absolute Gasteiger partial charge is 0.409 e. The number of rotatable bonds is 2. The Hall–Kier alpha value is -1.30. The summed E-state index contributed by atoms with van der Waals surface area (Å²) in [5.41, 5.74) is 5.12. The quantitative estimate of drug-likeness (QED) is 0.340. The molecule has 1 heterocycles. The molecule has 0 radical (unpaired) electrons. The van der Waals surface area contributed by atoms with Gasteiger partial charge in [-0.1, -0.05) is 24.4 Å². The van der Waals surface area contributed by atoms with E-state index in [0.29, 0.717) is 12.8 Å². The van der Waals surface area contributed by atoms with Crippen LogP contribution < -0.4 is 5.73 Å². The molecule has 1 saturated carbocycles. The van der Waals surface area contributed by atoms with Crippen LogP contribution in [0.2, 0.25) is 0 Å². The van der Waals surface area contributed by atoms with Crippen molar-refractivity contribution in [3.05, 3.63) is 0 Å². The minimum atomic E-state index is -0.781. The van der Waals surface area contributed by atoms with Gasteiger partial charge in [0.1, 0.15) is 5.41 Å². The van der Waals surface area contributed by atoms with Crippen LogP contribution in [0, 0.1) is 5.41 Å². The Labute approximate surface area is 120 Å². The van der Waals surface area contributed by atoms with Gasteiger partial charge in [-0.3, -0.25) is 4.79 Å². The molecule has 2 rings (SSSR count). The van der Waals surface area contributed by atoms with Crippen molar-refractivity contribution < 1.29 is 10.0 Å². The Kier molecular flexibility index (Phi) is 4.52. The van der Waals surface area contributed by atoms with Gasteiger partial charge in [0.15, 0.2) is 5.84 Å². The molecule has 0 bridgehead atoms. The number of amides is 1. The van der Waals surface area contributed by atoms with Gasteiger partial charge in [-0.25, -0.2) is 0 Å². The van der Waals surface area contributed by atoms with Crippen molar-refractivity contribution >= 4 is 11.7 Å². The molecule has 1 saturated heterocycles. The molecule has 2 aliphatic rings.